The van der Waals surface area contributed by atoms with Gasteiger partial charge in [0.05, 0.1) is 18.8 Å². The lowest BCUT2D eigenvalue weighted by Crippen LogP contribution is -2.43. The van der Waals surface area contributed by atoms with Crippen LogP contribution in [0.15, 0.2) is 16.9 Å². The smallest absolute Gasteiger partial charge is 0.259 e. The van der Waals surface area contributed by atoms with Crippen LogP contribution in [0.1, 0.15) is 53.4 Å². The topological polar surface area (TPSA) is 93.4 Å². The number of carbonyl (C=O) groups is 1. The Morgan fingerprint density at radius 2 is 2.12 bits per heavy atom. The normalized spacial score (nSPS) is 17.8. The van der Waals surface area contributed by atoms with Gasteiger partial charge in [-0.05, 0) is 12.8 Å². The quantitative estimate of drug-likeness (QED) is 0.907. The van der Waals surface area contributed by atoms with Crippen molar-refractivity contribution in [3.63, 3.8) is 0 Å². The van der Waals surface area contributed by atoms with Gasteiger partial charge in [-0.3, -0.25) is 9.78 Å². The van der Waals surface area contributed by atoms with Gasteiger partial charge >= 0.3 is 0 Å². The first-order chi connectivity index (χ1) is 12.0. The Morgan fingerprint density at radius 3 is 2.84 bits per heavy atom. The van der Waals surface area contributed by atoms with Gasteiger partial charge in [-0.15, -0.1) is 0 Å². The molecule has 134 valence electrons. The number of rotatable bonds is 4. The van der Waals surface area contributed by atoms with Crippen molar-refractivity contribution < 1.29 is 14.1 Å². The summed E-state index contributed by atoms with van der Waals surface area (Å²) in [5, 5.41) is 7.07. The SMILES string of the molecule is CNc1nccnc1C1CN(C(=O)c2c(C(C)C)noc2C)CCO1. The molecule has 1 atom stereocenters. The maximum absolute atomic E-state index is 13.1. The largest absolute Gasteiger partial charge is 0.372 e. The molecule has 0 aromatic carbocycles. The Morgan fingerprint density at radius 1 is 1.36 bits per heavy atom. The van der Waals surface area contributed by atoms with Crippen LogP contribution in [0.3, 0.4) is 0 Å². The first-order valence-corrected chi connectivity index (χ1v) is 8.38. The number of hydrogen-bond acceptors (Lipinski definition) is 7. The van der Waals surface area contributed by atoms with Gasteiger partial charge in [0.15, 0.2) is 0 Å². The fourth-order valence-electron chi connectivity index (χ4n) is 2.98. The van der Waals surface area contributed by atoms with Crippen LogP contribution < -0.4 is 5.32 Å². The fourth-order valence-corrected chi connectivity index (χ4v) is 2.98. The highest BCUT2D eigenvalue weighted by Crippen LogP contribution is 2.28. The van der Waals surface area contributed by atoms with Crippen LogP contribution in [0.25, 0.3) is 0 Å². The zero-order valence-corrected chi connectivity index (χ0v) is 14.9. The second kappa shape index (κ2) is 7.18. The molecule has 8 heteroatoms. The second-order valence-corrected chi connectivity index (χ2v) is 6.30. The molecule has 3 rings (SSSR count). The molecular weight excluding hydrogens is 322 g/mol. The number of morpholine rings is 1. The van der Waals surface area contributed by atoms with Gasteiger partial charge in [0.25, 0.3) is 5.91 Å². The van der Waals surface area contributed by atoms with E-state index >= 15 is 0 Å². The highest BCUT2D eigenvalue weighted by atomic mass is 16.5. The predicted molar refractivity (Wildman–Crippen MR) is 91.5 cm³/mol. The average Bonchev–Trinajstić information content (AvgIpc) is 3.03. The van der Waals surface area contributed by atoms with Crippen LogP contribution in [-0.4, -0.2) is 52.7 Å². The molecule has 0 aliphatic carbocycles. The summed E-state index contributed by atoms with van der Waals surface area (Å²) in [7, 11) is 1.79. The number of nitrogens with one attached hydrogen (secondary N) is 1. The summed E-state index contributed by atoms with van der Waals surface area (Å²) in [5.41, 5.74) is 1.96. The van der Waals surface area contributed by atoms with Crippen LogP contribution in [0.5, 0.6) is 0 Å². The summed E-state index contributed by atoms with van der Waals surface area (Å²) in [6.07, 6.45) is 2.93. The average molecular weight is 345 g/mol. The first-order valence-electron chi connectivity index (χ1n) is 8.38. The standard InChI is InChI=1S/C17H23N5O3/c1-10(2)14-13(11(3)25-21-14)17(23)22-7-8-24-12(9-22)15-16(18-4)20-6-5-19-15/h5-6,10,12H,7-9H2,1-4H3,(H,18,20). The summed E-state index contributed by atoms with van der Waals surface area (Å²) in [6.45, 7) is 7.13. The highest BCUT2D eigenvalue weighted by Gasteiger charge is 2.32. The van der Waals surface area contributed by atoms with Crippen molar-refractivity contribution in [2.24, 2.45) is 0 Å². The Labute approximate surface area is 146 Å². The van der Waals surface area contributed by atoms with Crippen LogP contribution in [-0.2, 0) is 4.74 Å². The summed E-state index contributed by atoms with van der Waals surface area (Å²) in [4.78, 5) is 23.5. The minimum Gasteiger partial charge on any atom is -0.372 e. The molecule has 0 bridgehead atoms. The van der Waals surface area contributed by atoms with Crippen molar-refractivity contribution in [3.8, 4) is 0 Å². The number of carbonyl (C=O) groups excluding carboxylic acids is 1. The van der Waals surface area contributed by atoms with E-state index in [0.29, 0.717) is 48.2 Å². The summed E-state index contributed by atoms with van der Waals surface area (Å²) >= 11 is 0. The summed E-state index contributed by atoms with van der Waals surface area (Å²) < 4.78 is 11.1. The third kappa shape index (κ3) is 3.34. The van der Waals surface area contributed by atoms with E-state index in [-0.39, 0.29) is 17.9 Å². The zero-order valence-electron chi connectivity index (χ0n) is 14.9. The van der Waals surface area contributed by atoms with Crippen molar-refractivity contribution in [1.29, 1.82) is 0 Å². The number of amides is 1. The van der Waals surface area contributed by atoms with E-state index in [0.717, 1.165) is 0 Å². The van der Waals surface area contributed by atoms with Crippen LogP contribution in [0.2, 0.25) is 0 Å². The molecule has 1 saturated heterocycles. The van der Waals surface area contributed by atoms with Gasteiger partial charge in [0, 0.05) is 26.0 Å². The second-order valence-electron chi connectivity index (χ2n) is 6.30. The molecule has 3 heterocycles. The van der Waals surface area contributed by atoms with Gasteiger partial charge < -0.3 is 19.5 Å². The van der Waals surface area contributed by atoms with Crippen molar-refractivity contribution in [1.82, 2.24) is 20.0 Å². The Hall–Kier alpha value is -2.48. The van der Waals surface area contributed by atoms with E-state index < -0.39 is 0 Å². The zero-order chi connectivity index (χ0) is 18.0. The van der Waals surface area contributed by atoms with Gasteiger partial charge in [0.1, 0.15) is 28.9 Å². The molecule has 2 aromatic rings. The molecule has 8 nitrogen and oxygen atoms in total. The molecule has 0 radical (unpaired) electrons. The lowest BCUT2D eigenvalue weighted by Gasteiger charge is -2.33. The van der Waals surface area contributed by atoms with E-state index in [1.807, 2.05) is 13.8 Å². The third-order valence-corrected chi connectivity index (χ3v) is 4.27. The minimum absolute atomic E-state index is 0.0781. The molecule has 1 unspecified atom stereocenters. The van der Waals surface area contributed by atoms with Crippen molar-refractivity contribution >= 4 is 11.7 Å². The number of ether oxygens (including phenoxy) is 1. The first kappa shape index (κ1) is 17.3. The van der Waals surface area contributed by atoms with Gasteiger partial charge in [-0.1, -0.05) is 19.0 Å². The van der Waals surface area contributed by atoms with E-state index in [1.165, 1.54) is 0 Å². The van der Waals surface area contributed by atoms with Crippen molar-refractivity contribution in [2.45, 2.75) is 32.8 Å². The molecule has 1 amide bonds. The fraction of sp³-hybridized carbons (Fsp3) is 0.529. The number of nitrogens with zero attached hydrogens (tertiary/aromatic N) is 4. The number of anilines is 1. The van der Waals surface area contributed by atoms with Crippen molar-refractivity contribution in [3.05, 3.63) is 35.1 Å². The number of aryl methyl sites for hydroxylation is 1. The third-order valence-electron chi connectivity index (χ3n) is 4.27. The Kier molecular flexibility index (Phi) is 4.98. The molecule has 1 aliphatic heterocycles. The van der Waals surface area contributed by atoms with Crippen molar-refractivity contribution in [2.75, 3.05) is 32.1 Å². The minimum atomic E-state index is -0.323. The monoisotopic (exact) mass is 345 g/mol. The van der Waals surface area contributed by atoms with Gasteiger partial charge in [-0.2, -0.15) is 0 Å². The van der Waals surface area contributed by atoms with Crippen LogP contribution in [0, 0.1) is 6.92 Å². The van der Waals surface area contributed by atoms with Crippen LogP contribution >= 0.6 is 0 Å². The maximum atomic E-state index is 13.1. The predicted octanol–water partition coefficient (Wildman–Crippen LogP) is 2.15. The maximum Gasteiger partial charge on any atom is 0.259 e. The molecule has 1 aliphatic rings. The summed E-state index contributed by atoms with van der Waals surface area (Å²) in [5.74, 6) is 1.24. The molecular formula is C17H23N5O3. The molecule has 25 heavy (non-hydrogen) atoms. The molecule has 2 aromatic heterocycles. The molecule has 1 fully saturated rings. The Bertz CT molecular complexity index is 758. The lowest BCUT2D eigenvalue weighted by atomic mass is 10.0. The number of aromatic nitrogens is 3. The number of hydrogen-bond donors (Lipinski definition) is 1. The van der Waals surface area contributed by atoms with Crippen LogP contribution in [0.4, 0.5) is 5.82 Å². The van der Waals surface area contributed by atoms with Gasteiger partial charge in [-0.25, -0.2) is 4.98 Å². The van der Waals surface area contributed by atoms with E-state index in [2.05, 4.69) is 20.4 Å². The summed E-state index contributed by atoms with van der Waals surface area (Å²) in [6, 6.07) is 0. The van der Waals surface area contributed by atoms with E-state index in [9.17, 15) is 4.79 Å². The molecule has 1 N–H and O–H groups in total. The molecule has 0 spiro atoms. The van der Waals surface area contributed by atoms with E-state index in [4.69, 9.17) is 9.26 Å². The molecule has 0 saturated carbocycles. The Balaban J connectivity index is 1.84. The van der Waals surface area contributed by atoms with Gasteiger partial charge in [0.2, 0.25) is 0 Å². The lowest BCUT2D eigenvalue weighted by molar-refractivity contribution is -0.0246. The highest BCUT2D eigenvalue weighted by molar-refractivity contribution is 5.96. The van der Waals surface area contributed by atoms with E-state index in [1.54, 1.807) is 31.3 Å².